The third kappa shape index (κ3) is 5.01. The number of carbonyl (C=O) groups is 1. The van der Waals surface area contributed by atoms with Crippen molar-refractivity contribution in [3.05, 3.63) is 98.1 Å². The highest BCUT2D eigenvalue weighted by Gasteiger charge is 2.33. The van der Waals surface area contributed by atoms with Gasteiger partial charge in [0.05, 0.1) is 15.6 Å². The van der Waals surface area contributed by atoms with Crippen molar-refractivity contribution in [2.45, 2.75) is 6.61 Å². The Morgan fingerprint density at radius 2 is 1.87 bits per heavy atom. The van der Waals surface area contributed by atoms with Crippen molar-refractivity contribution in [1.29, 1.82) is 0 Å². The summed E-state index contributed by atoms with van der Waals surface area (Å²) in [4.78, 5) is 15.0. The summed E-state index contributed by atoms with van der Waals surface area (Å²) in [6.45, 7) is 0.281. The minimum absolute atomic E-state index is 0.221. The fraction of sp³-hybridized carbons (Fsp3) is 0.0435. The molecule has 31 heavy (non-hydrogen) atoms. The molecule has 1 heterocycles. The van der Waals surface area contributed by atoms with Crippen LogP contribution in [0.3, 0.4) is 0 Å². The van der Waals surface area contributed by atoms with Crippen LogP contribution in [0, 0.1) is 5.82 Å². The Morgan fingerprint density at radius 1 is 1.13 bits per heavy atom. The summed E-state index contributed by atoms with van der Waals surface area (Å²) in [6.07, 6.45) is 1.76. The van der Waals surface area contributed by atoms with Crippen LogP contribution in [0.25, 0.3) is 6.08 Å². The Labute approximate surface area is 202 Å². The number of benzene rings is 3. The first-order valence-electron chi connectivity index (χ1n) is 9.11. The number of ether oxygens (including phenoxy) is 1. The lowest BCUT2D eigenvalue weighted by molar-refractivity contribution is -0.113. The average molecular weight is 535 g/mol. The SMILES string of the molecule is O=C1/C(=C/c2ccccc2OCc2ccc(F)cc2)SC(=S)N1c1ccc(Br)c(Cl)c1. The molecule has 1 fully saturated rings. The second-order valence-corrected chi connectivity index (χ2v) is 9.51. The standard InChI is InChI=1S/C23H14BrClFNO2S2/c24-18-10-9-17(12-19(18)25)27-22(28)21(31-23(27)30)11-15-3-1-2-4-20(15)29-13-14-5-7-16(26)8-6-14/h1-12H,13H2/b21-11-. The zero-order valence-corrected chi connectivity index (χ0v) is 19.8. The van der Waals surface area contributed by atoms with Crippen LogP contribution in [-0.4, -0.2) is 10.2 Å². The van der Waals surface area contributed by atoms with Crippen LogP contribution in [0.5, 0.6) is 5.75 Å². The predicted molar refractivity (Wildman–Crippen MR) is 132 cm³/mol. The van der Waals surface area contributed by atoms with Gasteiger partial charge in [-0.3, -0.25) is 9.69 Å². The van der Waals surface area contributed by atoms with E-state index in [1.54, 1.807) is 36.4 Å². The smallest absolute Gasteiger partial charge is 0.270 e. The summed E-state index contributed by atoms with van der Waals surface area (Å²) < 4.78 is 20.2. The molecule has 0 saturated carbocycles. The molecule has 0 N–H and O–H groups in total. The Morgan fingerprint density at radius 3 is 2.61 bits per heavy atom. The van der Waals surface area contributed by atoms with Crippen LogP contribution in [0.2, 0.25) is 5.02 Å². The largest absolute Gasteiger partial charge is 0.488 e. The summed E-state index contributed by atoms with van der Waals surface area (Å²) in [6, 6.07) is 18.8. The van der Waals surface area contributed by atoms with Gasteiger partial charge >= 0.3 is 0 Å². The number of hydrogen-bond donors (Lipinski definition) is 0. The van der Waals surface area contributed by atoms with Gasteiger partial charge in [-0.05, 0) is 64.0 Å². The van der Waals surface area contributed by atoms with Crippen LogP contribution in [0.4, 0.5) is 10.1 Å². The molecule has 1 saturated heterocycles. The van der Waals surface area contributed by atoms with E-state index in [4.69, 9.17) is 28.6 Å². The van der Waals surface area contributed by atoms with Crippen LogP contribution in [0.15, 0.2) is 76.1 Å². The topological polar surface area (TPSA) is 29.5 Å². The number of rotatable bonds is 5. The molecule has 8 heteroatoms. The maximum absolute atomic E-state index is 13.1. The van der Waals surface area contributed by atoms with Crippen LogP contribution in [-0.2, 0) is 11.4 Å². The van der Waals surface area contributed by atoms with Crippen molar-refractivity contribution in [3.63, 3.8) is 0 Å². The number of anilines is 1. The number of thioether (sulfide) groups is 1. The lowest BCUT2D eigenvalue weighted by atomic mass is 10.1. The molecular formula is C23H14BrClFNO2S2. The van der Waals surface area contributed by atoms with Gasteiger partial charge in [-0.15, -0.1) is 0 Å². The summed E-state index contributed by atoms with van der Waals surface area (Å²) >= 11 is 16.2. The highest BCUT2D eigenvalue weighted by Crippen LogP contribution is 2.38. The van der Waals surface area contributed by atoms with E-state index in [1.165, 1.54) is 28.8 Å². The Bertz CT molecular complexity index is 1200. The van der Waals surface area contributed by atoms with E-state index in [2.05, 4.69) is 15.9 Å². The molecule has 4 rings (SSSR count). The molecule has 1 aliphatic rings. The second-order valence-electron chi connectivity index (χ2n) is 6.57. The van der Waals surface area contributed by atoms with Gasteiger partial charge in [0.1, 0.15) is 18.2 Å². The third-order valence-electron chi connectivity index (χ3n) is 4.47. The zero-order chi connectivity index (χ0) is 22.0. The van der Waals surface area contributed by atoms with Gasteiger partial charge < -0.3 is 4.74 Å². The lowest BCUT2D eigenvalue weighted by Gasteiger charge is -2.15. The molecule has 0 aromatic heterocycles. The molecular weight excluding hydrogens is 521 g/mol. The lowest BCUT2D eigenvalue weighted by Crippen LogP contribution is -2.27. The Balaban J connectivity index is 1.57. The van der Waals surface area contributed by atoms with Crippen LogP contribution in [0.1, 0.15) is 11.1 Å². The molecule has 1 aliphatic heterocycles. The van der Waals surface area contributed by atoms with Gasteiger partial charge in [-0.25, -0.2) is 4.39 Å². The highest BCUT2D eigenvalue weighted by atomic mass is 79.9. The van der Waals surface area contributed by atoms with Crippen molar-refractivity contribution in [1.82, 2.24) is 0 Å². The normalized spacial score (nSPS) is 15.1. The first kappa shape index (κ1) is 22.0. The van der Waals surface area contributed by atoms with Crippen molar-refractivity contribution in [2.75, 3.05) is 4.90 Å². The average Bonchev–Trinajstić information content (AvgIpc) is 3.03. The van der Waals surface area contributed by atoms with Gasteiger partial charge in [0.2, 0.25) is 0 Å². The van der Waals surface area contributed by atoms with Gasteiger partial charge in [0.25, 0.3) is 5.91 Å². The molecule has 0 aliphatic carbocycles. The first-order valence-corrected chi connectivity index (χ1v) is 11.5. The number of thiocarbonyl (C=S) groups is 1. The summed E-state index contributed by atoms with van der Waals surface area (Å²) in [5.41, 5.74) is 2.20. The van der Waals surface area contributed by atoms with E-state index < -0.39 is 0 Å². The molecule has 3 nitrogen and oxygen atoms in total. The van der Waals surface area contributed by atoms with Crippen LogP contribution < -0.4 is 9.64 Å². The third-order valence-corrected chi connectivity index (χ3v) is 7.00. The number of nitrogens with zero attached hydrogens (tertiary/aromatic N) is 1. The number of carbonyl (C=O) groups excluding carboxylic acids is 1. The van der Waals surface area contributed by atoms with Crippen molar-refractivity contribution in [3.8, 4) is 5.75 Å². The summed E-state index contributed by atoms with van der Waals surface area (Å²) in [5, 5.41) is 0.495. The van der Waals surface area contributed by atoms with Gasteiger partial charge in [0.15, 0.2) is 4.32 Å². The van der Waals surface area contributed by atoms with Crippen LogP contribution >= 0.6 is 51.5 Å². The zero-order valence-electron chi connectivity index (χ0n) is 15.8. The Hall–Kier alpha value is -2.19. The van der Waals surface area contributed by atoms with E-state index in [0.717, 1.165) is 15.6 Å². The minimum atomic E-state index is -0.293. The summed E-state index contributed by atoms with van der Waals surface area (Å²) in [7, 11) is 0. The summed E-state index contributed by atoms with van der Waals surface area (Å²) in [5.74, 6) is 0.101. The van der Waals surface area contributed by atoms with Crippen molar-refractivity contribution < 1.29 is 13.9 Å². The van der Waals surface area contributed by atoms with E-state index in [9.17, 15) is 9.18 Å². The number of hydrogen-bond acceptors (Lipinski definition) is 4. The highest BCUT2D eigenvalue weighted by molar-refractivity contribution is 9.10. The molecule has 1 amide bonds. The van der Waals surface area contributed by atoms with Gasteiger partial charge in [-0.2, -0.15) is 0 Å². The molecule has 3 aromatic carbocycles. The Kier molecular flexibility index (Phi) is 6.77. The molecule has 3 aromatic rings. The van der Waals surface area contributed by atoms with E-state index in [0.29, 0.717) is 25.7 Å². The fourth-order valence-electron chi connectivity index (χ4n) is 2.93. The number of halogens is 3. The molecule has 0 bridgehead atoms. The predicted octanol–water partition coefficient (Wildman–Crippen LogP) is 7.23. The molecule has 156 valence electrons. The van der Waals surface area contributed by atoms with Crippen molar-refractivity contribution in [2.24, 2.45) is 0 Å². The fourth-order valence-corrected chi connectivity index (χ4v) is 4.64. The quantitative estimate of drug-likeness (QED) is 0.255. The van der Waals surface area contributed by atoms with Gasteiger partial charge in [0, 0.05) is 10.0 Å². The van der Waals surface area contributed by atoms with E-state index in [1.807, 2.05) is 24.3 Å². The van der Waals surface area contributed by atoms with Crippen molar-refractivity contribution >= 4 is 73.5 Å². The first-order chi connectivity index (χ1) is 14.9. The van der Waals surface area contributed by atoms with E-state index in [-0.39, 0.29) is 18.3 Å². The second kappa shape index (κ2) is 9.53. The maximum atomic E-state index is 13.1. The number of amides is 1. The minimum Gasteiger partial charge on any atom is -0.488 e. The molecule has 0 atom stereocenters. The van der Waals surface area contributed by atoms with E-state index >= 15 is 0 Å². The number of para-hydroxylation sites is 1. The molecule has 0 unspecified atom stereocenters. The molecule has 0 spiro atoms. The maximum Gasteiger partial charge on any atom is 0.270 e. The van der Waals surface area contributed by atoms with Gasteiger partial charge in [-0.1, -0.05) is 65.9 Å². The monoisotopic (exact) mass is 533 g/mol. The molecule has 0 radical (unpaired) electrons.